The highest BCUT2D eigenvalue weighted by atomic mass is 32.1. The lowest BCUT2D eigenvalue weighted by atomic mass is 10.1. The Labute approximate surface area is 98.7 Å². The number of rotatable bonds is 3. The van der Waals surface area contributed by atoms with Gasteiger partial charge in [0.15, 0.2) is 0 Å². The fourth-order valence-corrected chi connectivity index (χ4v) is 2.19. The van der Waals surface area contributed by atoms with E-state index in [9.17, 15) is 0 Å². The molecule has 0 amide bonds. The summed E-state index contributed by atoms with van der Waals surface area (Å²) in [5.74, 6) is 0.603. The molecule has 2 heterocycles. The van der Waals surface area contributed by atoms with Crippen molar-refractivity contribution in [1.82, 2.24) is 9.36 Å². The zero-order chi connectivity index (χ0) is 11.5. The van der Waals surface area contributed by atoms with Gasteiger partial charge in [-0.3, -0.25) is 4.98 Å². The summed E-state index contributed by atoms with van der Waals surface area (Å²) in [5, 5.41) is 4.41. The van der Waals surface area contributed by atoms with E-state index in [2.05, 4.69) is 21.6 Å². The monoisotopic (exact) mass is 234 g/mol. The van der Waals surface area contributed by atoms with Gasteiger partial charge in [0.2, 0.25) is 0 Å². The van der Waals surface area contributed by atoms with Crippen LogP contribution in [0.2, 0.25) is 0 Å². The minimum absolute atomic E-state index is 0.201. The van der Waals surface area contributed by atoms with Crippen molar-refractivity contribution in [2.45, 2.75) is 19.9 Å². The molecule has 2 rings (SSSR count). The Balaban J connectivity index is 2.14. The van der Waals surface area contributed by atoms with Gasteiger partial charge in [0, 0.05) is 18.0 Å². The first-order valence-electron chi connectivity index (χ1n) is 5.06. The van der Waals surface area contributed by atoms with Crippen LogP contribution in [-0.2, 0) is 0 Å². The predicted molar refractivity (Wildman–Crippen MR) is 67.5 cm³/mol. The van der Waals surface area contributed by atoms with Gasteiger partial charge in [-0.2, -0.15) is 4.37 Å². The van der Waals surface area contributed by atoms with Gasteiger partial charge in [0.05, 0.1) is 6.04 Å². The molecule has 0 spiro atoms. The fraction of sp³-hybridized carbons (Fsp3) is 0.273. The third-order valence-electron chi connectivity index (χ3n) is 2.49. The second-order valence-corrected chi connectivity index (χ2v) is 4.45. The van der Waals surface area contributed by atoms with E-state index in [1.54, 1.807) is 6.20 Å². The molecule has 0 saturated carbocycles. The second-order valence-electron chi connectivity index (χ2n) is 3.67. The SMILES string of the molecule is Cc1c(N)nsc1NC(C)c1cccnc1. The molecule has 0 saturated heterocycles. The lowest BCUT2D eigenvalue weighted by Gasteiger charge is -2.13. The highest BCUT2D eigenvalue weighted by molar-refractivity contribution is 7.10. The molecule has 5 heteroatoms. The largest absolute Gasteiger partial charge is 0.383 e. The molecule has 0 radical (unpaired) electrons. The first-order valence-corrected chi connectivity index (χ1v) is 5.84. The normalized spacial score (nSPS) is 12.4. The van der Waals surface area contributed by atoms with Crippen LogP contribution in [0.4, 0.5) is 10.8 Å². The van der Waals surface area contributed by atoms with Crippen molar-refractivity contribution >= 4 is 22.4 Å². The standard InChI is InChI=1S/C11H14N4S/c1-7-10(12)15-16-11(7)14-8(2)9-4-3-5-13-6-9/h3-6,8,14H,1-2H3,(H2,12,15). The third kappa shape index (κ3) is 2.14. The van der Waals surface area contributed by atoms with E-state index in [1.807, 2.05) is 25.3 Å². The van der Waals surface area contributed by atoms with Crippen LogP contribution in [-0.4, -0.2) is 9.36 Å². The van der Waals surface area contributed by atoms with Gasteiger partial charge >= 0.3 is 0 Å². The highest BCUT2D eigenvalue weighted by Crippen LogP contribution is 2.28. The minimum Gasteiger partial charge on any atom is -0.383 e. The lowest BCUT2D eigenvalue weighted by Crippen LogP contribution is -2.06. The molecule has 16 heavy (non-hydrogen) atoms. The Bertz CT molecular complexity index is 466. The molecule has 84 valence electrons. The third-order valence-corrected chi connectivity index (χ3v) is 3.39. The lowest BCUT2D eigenvalue weighted by molar-refractivity contribution is 0.878. The molecule has 0 aliphatic rings. The van der Waals surface area contributed by atoms with Gasteiger partial charge < -0.3 is 11.1 Å². The summed E-state index contributed by atoms with van der Waals surface area (Å²) in [5.41, 5.74) is 7.86. The molecule has 0 aromatic carbocycles. The first kappa shape index (κ1) is 10.9. The Hall–Kier alpha value is -1.62. The molecule has 0 bridgehead atoms. The molecule has 0 aliphatic heterocycles. The average molecular weight is 234 g/mol. The maximum absolute atomic E-state index is 5.70. The summed E-state index contributed by atoms with van der Waals surface area (Å²) in [6.07, 6.45) is 3.63. The van der Waals surface area contributed by atoms with Crippen LogP contribution in [0.3, 0.4) is 0 Å². The van der Waals surface area contributed by atoms with Crippen LogP contribution in [0.1, 0.15) is 24.1 Å². The Kier molecular flexibility index (Phi) is 3.05. The number of nitrogen functional groups attached to an aromatic ring is 1. The molecule has 0 aliphatic carbocycles. The Morgan fingerprint density at radius 2 is 2.31 bits per heavy atom. The van der Waals surface area contributed by atoms with Crippen LogP contribution in [0.5, 0.6) is 0 Å². The number of hydrogen-bond acceptors (Lipinski definition) is 5. The van der Waals surface area contributed by atoms with Crippen LogP contribution >= 0.6 is 11.5 Å². The van der Waals surface area contributed by atoms with Crippen molar-refractivity contribution < 1.29 is 0 Å². The summed E-state index contributed by atoms with van der Waals surface area (Å²) < 4.78 is 4.10. The van der Waals surface area contributed by atoms with E-state index < -0.39 is 0 Å². The quantitative estimate of drug-likeness (QED) is 0.856. The van der Waals surface area contributed by atoms with E-state index in [0.717, 1.165) is 16.1 Å². The molecule has 2 aromatic heterocycles. The number of aromatic nitrogens is 2. The molecule has 3 N–H and O–H groups in total. The molecular weight excluding hydrogens is 220 g/mol. The summed E-state index contributed by atoms with van der Waals surface area (Å²) in [6.45, 7) is 4.06. The molecule has 4 nitrogen and oxygen atoms in total. The molecule has 1 unspecified atom stereocenters. The van der Waals surface area contributed by atoms with Gasteiger partial charge in [-0.05, 0) is 37.0 Å². The van der Waals surface area contributed by atoms with E-state index in [4.69, 9.17) is 5.73 Å². The molecular formula is C11H14N4S. The maximum Gasteiger partial charge on any atom is 0.142 e. The number of pyridine rings is 1. The number of anilines is 2. The van der Waals surface area contributed by atoms with Gasteiger partial charge in [0.1, 0.15) is 10.8 Å². The van der Waals surface area contributed by atoms with Crippen LogP contribution in [0.15, 0.2) is 24.5 Å². The van der Waals surface area contributed by atoms with E-state index in [1.165, 1.54) is 11.5 Å². The molecule has 2 aromatic rings. The van der Waals surface area contributed by atoms with Crippen molar-refractivity contribution in [3.63, 3.8) is 0 Å². The van der Waals surface area contributed by atoms with E-state index in [-0.39, 0.29) is 6.04 Å². The fourth-order valence-electron chi connectivity index (χ4n) is 1.39. The highest BCUT2D eigenvalue weighted by Gasteiger charge is 2.10. The van der Waals surface area contributed by atoms with E-state index in [0.29, 0.717) is 5.82 Å². The van der Waals surface area contributed by atoms with Gasteiger partial charge in [0.25, 0.3) is 0 Å². The summed E-state index contributed by atoms with van der Waals surface area (Å²) in [6, 6.07) is 4.18. The Morgan fingerprint density at radius 3 is 2.88 bits per heavy atom. The van der Waals surface area contributed by atoms with Gasteiger partial charge in [-0.25, -0.2) is 0 Å². The summed E-state index contributed by atoms with van der Waals surface area (Å²) >= 11 is 1.39. The Morgan fingerprint density at radius 1 is 1.50 bits per heavy atom. The second kappa shape index (κ2) is 4.49. The zero-order valence-electron chi connectivity index (χ0n) is 9.27. The zero-order valence-corrected chi connectivity index (χ0v) is 10.1. The van der Waals surface area contributed by atoms with Gasteiger partial charge in [-0.15, -0.1) is 0 Å². The van der Waals surface area contributed by atoms with Crippen molar-refractivity contribution in [1.29, 1.82) is 0 Å². The molecule has 1 atom stereocenters. The van der Waals surface area contributed by atoms with E-state index >= 15 is 0 Å². The number of nitrogens with one attached hydrogen (secondary N) is 1. The first-order chi connectivity index (χ1) is 7.68. The smallest absolute Gasteiger partial charge is 0.142 e. The van der Waals surface area contributed by atoms with Crippen LogP contribution in [0.25, 0.3) is 0 Å². The summed E-state index contributed by atoms with van der Waals surface area (Å²) in [7, 11) is 0. The average Bonchev–Trinajstić information content (AvgIpc) is 2.62. The van der Waals surface area contributed by atoms with Crippen LogP contribution < -0.4 is 11.1 Å². The topological polar surface area (TPSA) is 63.8 Å². The maximum atomic E-state index is 5.70. The predicted octanol–water partition coefficient (Wildman–Crippen LogP) is 2.60. The van der Waals surface area contributed by atoms with Crippen LogP contribution in [0, 0.1) is 6.92 Å². The molecule has 0 fully saturated rings. The number of nitrogens with zero attached hydrogens (tertiary/aromatic N) is 2. The number of nitrogens with two attached hydrogens (primary N) is 1. The van der Waals surface area contributed by atoms with Crippen molar-refractivity contribution in [2.24, 2.45) is 0 Å². The summed E-state index contributed by atoms with van der Waals surface area (Å²) in [4.78, 5) is 4.10. The number of hydrogen-bond donors (Lipinski definition) is 2. The van der Waals surface area contributed by atoms with Gasteiger partial charge in [-0.1, -0.05) is 6.07 Å². The van der Waals surface area contributed by atoms with Crippen molar-refractivity contribution in [2.75, 3.05) is 11.1 Å². The van der Waals surface area contributed by atoms with Crippen molar-refractivity contribution in [3.8, 4) is 0 Å². The minimum atomic E-state index is 0.201. The van der Waals surface area contributed by atoms with Crippen molar-refractivity contribution in [3.05, 3.63) is 35.7 Å².